The van der Waals surface area contributed by atoms with Gasteiger partial charge in [-0.2, -0.15) is 0 Å². The fourth-order valence-electron chi connectivity index (χ4n) is 3.01. The maximum Gasteiger partial charge on any atom is 0.278 e. The number of ether oxygens (including phenoxy) is 1. The van der Waals surface area contributed by atoms with Crippen molar-refractivity contribution in [3.05, 3.63) is 52.2 Å². The summed E-state index contributed by atoms with van der Waals surface area (Å²) >= 11 is 6.12. The number of imide groups is 1. The van der Waals surface area contributed by atoms with Crippen molar-refractivity contribution in [1.29, 1.82) is 0 Å². The predicted molar refractivity (Wildman–Crippen MR) is 125 cm³/mol. The van der Waals surface area contributed by atoms with Gasteiger partial charge in [0, 0.05) is 20.8 Å². The molecular formula is C23H26ClF2N5O4. The molecule has 9 nitrogen and oxygen atoms in total. The van der Waals surface area contributed by atoms with E-state index in [1.165, 1.54) is 37.4 Å². The van der Waals surface area contributed by atoms with Crippen molar-refractivity contribution in [3.63, 3.8) is 0 Å². The minimum Gasteiger partial charge on any atom is -0.383 e. The van der Waals surface area contributed by atoms with Gasteiger partial charge in [0.1, 0.15) is 0 Å². The summed E-state index contributed by atoms with van der Waals surface area (Å²) in [5.41, 5.74) is -1.49. The lowest BCUT2D eigenvalue weighted by Gasteiger charge is -2.26. The first-order chi connectivity index (χ1) is 17.9. The monoisotopic (exact) mass is 513 g/mol. The lowest BCUT2D eigenvalue weighted by Crippen LogP contribution is -2.46. The summed E-state index contributed by atoms with van der Waals surface area (Å²) < 4.78 is 68.8. The Hall–Kier alpha value is -3.02. The smallest absolute Gasteiger partial charge is 0.278 e. The summed E-state index contributed by atoms with van der Waals surface area (Å²) in [6.07, 6.45) is 0. The minimum absolute atomic E-state index is 0.0984. The molecule has 0 fully saturated rings. The zero-order valence-corrected chi connectivity index (χ0v) is 20.0. The molecule has 1 aromatic carbocycles. The number of halogens is 3. The molecule has 2 aromatic rings. The van der Waals surface area contributed by atoms with Crippen molar-refractivity contribution in [2.24, 2.45) is 5.41 Å². The van der Waals surface area contributed by atoms with Crippen LogP contribution in [0.2, 0.25) is 5.15 Å². The van der Waals surface area contributed by atoms with Crippen molar-refractivity contribution in [2.75, 3.05) is 32.0 Å². The van der Waals surface area contributed by atoms with Crippen LogP contribution in [0.1, 0.15) is 58.6 Å². The number of nitrogens with zero attached hydrogens (tertiary/aromatic N) is 3. The van der Waals surface area contributed by atoms with Gasteiger partial charge in [-0.3, -0.25) is 19.3 Å². The SMILES string of the molecule is [2H]C([2H])(N[C@H](COC)c1cc(NC(=O)C(C)(C)C)nnc1Cl)C(F)(F)C([2H])([2H])N1C(=O)c2ccccc2C1=O. The van der Waals surface area contributed by atoms with Gasteiger partial charge < -0.3 is 15.4 Å². The van der Waals surface area contributed by atoms with Crippen LogP contribution >= 0.6 is 11.6 Å². The molecule has 0 bridgehead atoms. The largest absolute Gasteiger partial charge is 0.383 e. The second-order valence-corrected chi connectivity index (χ2v) is 8.99. The Morgan fingerprint density at radius 1 is 1.20 bits per heavy atom. The second kappa shape index (κ2) is 10.3. The quantitative estimate of drug-likeness (QED) is 0.494. The normalized spacial score (nSPS) is 17.3. The summed E-state index contributed by atoms with van der Waals surface area (Å²) in [7, 11) is 1.20. The van der Waals surface area contributed by atoms with Crippen LogP contribution in [0.3, 0.4) is 0 Å². The lowest BCUT2D eigenvalue weighted by atomic mass is 9.96. The van der Waals surface area contributed by atoms with Crippen LogP contribution in [0, 0.1) is 5.41 Å². The third-order valence-corrected chi connectivity index (χ3v) is 5.15. The Morgan fingerprint density at radius 2 is 1.80 bits per heavy atom. The first-order valence-corrected chi connectivity index (χ1v) is 10.7. The number of benzene rings is 1. The fourth-order valence-corrected chi connectivity index (χ4v) is 3.24. The van der Waals surface area contributed by atoms with Gasteiger partial charge in [-0.15, -0.1) is 10.2 Å². The predicted octanol–water partition coefficient (Wildman–Crippen LogP) is 3.32. The zero-order chi connectivity index (χ0) is 29.6. The van der Waals surface area contributed by atoms with Crippen LogP contribution in [0.15, 0.2) is 30.3 Å². The van der Waals surface area contributed by atoms with Crippen LogP contribution < -0.4 is 10.6 Å². The van der Waals surface area contributed by atoms with Crippen LogP contribution in [0.5, 0.6) is 0 Å². The molecule has 0 saturated carbocycles. The van der Waals surface area contributed by atoms with E-state index in [9.17, 15) is 14.4 Å². The number of carbonyl (C=O) groups is 3. The van der Waals surface area contributed by atoms with Crippen LogP contribution in [0.25, 0.3) is 0 Å². The first kappa shape index (κ1) is 21.3. The maximum atomic E-state index is 15.7. The summed E-state index contributed by atoms with van der Waals surface area (Å²) in [6, 6.07) is 4.83. The number of aromatic nitrogens is 2. The van der Waals surface area contributed by atoms with Gasteiger partial charge in [0.2, 0.25) is 5.91 Å². The van der Waals surface area contributed by atoms with E-state index in [2.05, 4.69) is 15.5 Å². The molecular weight excluding hydrogens is 484 g/mol. The number of amides is 3. The summed E-state index contributed by atoms with van der Waals surface area (Å²) in [6.45, 7) is -3.54. The molecule has 188 valence electrons. The number of alkyl halides is 2. The van der Waals surface area contributed by atoms with E-state index < -0.39 is 54.7 Å². The third kappa shape index (κ3) is 6.16. The summed E-state index contributed by atoms with van der Waals surface area (Å²) in [5.74, 6) is -8.21. The van der Waals surface area contributed by atoms with Crippen molar-refractivity contribution in [3.8, 4) is 0 Å². The maximum absolute atomic E-state index is 15.7. The van der Waals surface area contributed by atoms with Crippen LogP contribution in [-0.2, 0) is 9.53 Å². The van der Waals surface area contributed by atoms with E-state index in [1.54, 1.807) is 20.8 Å². The van der Waals surface area contributed by atoms with Crippen LogP contribution in [0.4, 0.5) is 14.6 Å². The zero-order valence-electron chi connectivity index (χ0n) is 23.3. The topological polar surface area (TPSA) is 114 Å². The number of nitrogens with one attached hydrogen (secondary N) is 2. The Balaban J connectivity index is 1.96. The van der Waals surface area contributed by atoms with Crippen molar-refractivity contribution >= 4 is 35.1 Å². The van der Waals surface area contributed by atoms with Crippen molar-refractivity contribution in [1.82, 2.24) is 20.4 Å². The number of methoxy groups -OCH3 is 1. The molecule has 0 unspecified atom stereocenters. The number of rotatable bonds is 9. The molecule has 12 heteroatoms. The highest BCUT2D eigenvalue weighted by atomic mass is 35.5. The number of anilines is 1. The number of hydrogen-bond acceptors (Lipinski definition) is 7. The molecule has 0 saturated heterocycles. The Bertz CT molecular complexity index is 1270. The molecule has 1 aliphatic heterocycles. The molecule has 1 aromatic heterocycles. The number of carbonyl (C=O) groups excluding carboxylic acids is 3. The molecule has 1 atom stereocenters. The first-order valence-electron chi connectivity index (χ1n) is 12.3. The van der Waals surface area contributed by atoms with E-state index in [4.69, 9.17) is 21.8 Å². The van der Waals surface area contributed by atoms with Gasteiger partial charge >= 0.3 is 0 Å². The van der Waals surface area contributed by atoms with Gasteiger partial charge in [0.15, 0.2) is 11.0 Å². The molecule has 35 heavy (non-hydrogen) atoms. The van der Waals surface area contributed by atoms with Crippen molar-refractivity contribution in [2.45, 2.75) is 32.7 Å². The standard InChI is InChI=1S/C23H26ClF2N5O4/c1-22(2,3)21(34)28-17-9-15(18(24)30-29-17)16(10-35-4)27-11-23(25,26)12-31-19(32)13-7-5-6-8-14(13)20(31)33/h5-9,16,27H,10-12H2,1-4H3,(H,28,29,34)/t16-/m1/s1/i11D2,12D2. The third-order valence-electron chi connectivity index (χ3n) is 4.86. The summed E-state index contributed by atoms with van der Waals surface area (Å²) in [5, 5.41) is 11.6. The van der Waals surface area contributed by atoms with E-state index in [0.29, 0.717) is 0 Å². The molecule has 3 rings (SSSR count). The van der Waals surface area contributed by atoms with Gasteiger partial charge in [-0.05, 0) is 18.2 Å². The summed E-state index contributed by atoms with van der Waals surface area (Å²) in [4.78, 5) is 37.5. The Morgan fingerprint density at radius 3 is 2.34 bits per heavy atom. The number of hydrogen-bond donors (Lipinski definition) is 2. The highest BCUT2D eigenvalue weighted by molar-refractivity contribution is 6.30. The van der Waals surface area contributed by atoms with E-state index in [1.807, 2.05) is 5.32 Å². The highest BCUT2D eigenvalue weighted by Gasteiger charge is 2.42. The lowest BCUT2D eigenvalue weighted by molar-refractivity contribution is -0.123. The van der Waals surface area contributed by atoms with E-state index >= 15 is 8.78 Å². The molecule has 0 radical (unpaired) electrons. The minimum atomic E-state index is -5.00. The average Bonchev–Trinajstić information content (AvgIpc) is 3.09. The van der Waals surface area contributed by atoms with E-state index in [0.717, 1.165) is 0 Å². The Kier molecular flexibility index (Phi) is 6.27. The Labute approximate surface area is 211 Å². The van der Waals surface area contributed by atoms with Crippen LogP contribution in [-0.4, -0.2) is 65.5 Å². The van der Waals surface area contributed by atoms with Crippen molar-refractivity contribution < 1.29 is 33.4 Å². The molecule has 2 heterocycles. The van der Waals surface area contributed by atoms with Gasteiger partial charge in [-0.25, -0.2) is 8.78 Å². The number of fused-ring (bicyclic) bond motifs is 1. The average molecular weight is 514 g/mol. The second-order valence-electron chi connectivity index (χ2n) is 8.63. The van der Waals surface area contributed by atoms with Gasteiger partial charge in [0.05, 0.1) is 39.5 Å². The van der Waals surface area contributed by atoms with Gasteiger partial charge in [-0.1, -0.05) is 44.5 Å². The molecule has 0 spiro atoms. The van der Waals surface area contributed by atoms with E-state index in [-0.39, 0.29) is 32.6 Å². The molecule has 2 N–H and O–H groups in total. The highest BCUT2D eigenvalue weighted by Crippen LogP contribution is 2.28. The molecule has 0 aliphatic carbocycles. The van der Waals surface area contributed by atoms with Gasteiger partial charge in [0.25, 0.3) is 17.7 Å². The molecule has 3 amide bonds. The fraction of sp³-hybridized carbons (Fsp3) is 0.435. The molecule has 1 aliphatic rings.